The average Bonchev–Trinajstić information content (AvgIpc) is 3.03. The van der Waals surface area contributed by atoms with Crippen LogP contribution in [0.3, 0.4) is 0 Å². The van der Waals surface area contributed by atoms with Crippen LogP contribution in [-0.4, -0.2) is 49.2 Å². The summed E-state index contributed by atoms with van der Waals surface area (Å²) in [7, 11) is 1.47. The van der Waals surface area contributed by atoms with Gasteiger partial charge < -0.3 is 15.2 Å². The second kappa shape index (κ2) is 8.16. The molecular weight excluding hydrogens is 334 g/mol. The minimum atomic E-state index is -0.463. The van der Waals surface area contributed by atoms with Crippen molar-refractivity contribution in [2.75, 3.05) is 33.4 Å². The molecule has 2 aromatic carbocycles. The first-order chi connectivity index (χ1) is 12.6. The monoisotopic (exact) mass is 357 g/mol. The Balaban J connectivity index is 1.57. The lowest BCUT2D eigenvalue weighted by molar-refractivity contribution is -0.385. The minimum absolute atomic E-state index is 0.0766. The molecule has 138 valence electrons. The third kappa shape index (κ3) is 4.12. The molecule has 0 saturated carbocycles. The topological polar surface area (TPSA) is 90.9 Å². The molecule has 2 N–H and O–H groups in total. The van der Waals surface area contributed by atoms with Crippen LogP contribution in [0.4, 0.5) is 5.69 Å². The SMILES string of the molecule is COc1ccc(OCCN2C[C@@H](N)[C@H](c3ccccc3)C2)c([N+](=O)[O-])c1. The zero-order chi connectivity index (χ0) is 18.5. The average molecular weight is 357 g/mol. The van der Waals surface area contributed by atoms with Gasteiger partial charge >= 0.3 is 5.69 Å². The van der Waals surface area contributed by atoms with E-state index < -0.39 is 4.92 Å². The maximum absolute atomic E-state index is 11.2. The van der Waals surface area contributed by atoms with E-state index >= 15 is 0 Å². The van der Waals surface area contributed by atoms with Crippen LogP contribution in [-0.2, 0) is 0 Å². The lowest BCUT2D eigenvalue weighted by Crippen LogP contribution is -2.30. The first kappa shape index (κ1) is 18.2. The maximum atomic E-state index is 11.2. The summed E-state index contributed by atoms with van der Waals surface area (Å²) in [4.78, 5) is 13.0. The van der Waals surface area contributed by atoms with Crippen LogP contribution < -0.4 is 15.2 Å². The fraction of sp³-hybridized carbons (Fsp3) is 0.368. The molecule has 2 atom stereocenters. The van der Waals surface area contributed by atoms with E-state index in [1.807, 2.05) is 18.2 Å². The predicted molar refractivity (Wildman–Crippen MR) is 98.7 cm³/mol. The molecule has 3 rings (SSSR count). The van der Waals surface area contributed by atoms with E-state index in [1.165, 1.54) is 18.7 Å². The number of nitrogens with zero attached hydrogens (tertiary/aromatic N) is 2. The highest BCUT2D eigenvalue weighted by Gasteiger charge is 2.31. The summed E-state index contributed by atoms with van der Waals surface area (Å²) in [6.45, 7) is 2.68. The molecule has 0 bridgehead atoms. The van der Waals surface area contributed by atoms with Crippen molar-refractivity contribution in [3.8, 4) is 11.5 Å². The van der Waals surface area contributed by atoms with E-state index in [0.717, 1.165) is 13.1 Å². The zero-order valence-electron chi connectivity index (χ0n) is 14.7. The van der Waals surface area contributed by atoms with E-state index in [9.17, 15) is 10.1 Å². The van der Waals surface area contributed by atoms with Crippen molar-refractivity contribution >= 4 is 5.69 Å². The fourth-order valence-corrected chi connectivity index (χ4v) is 3.32. The van der Waals surface area contributed by atoms with Crippen LogP contribution in [0.25, 0.3) is 0 Å². The molecule has 0 unspecified atom stereocenters. The Morgan fingerprint density at radius 1 is 1.23 bits per heavy atom. The smallest absolute Gasteiger partial charge is 0.314 e. The summed E-state index contributed by atoms with van der Waals surface area (Å²) < 4.78 is 10.7. The van der Waals surface area contributed by atoms with Crippen LogP contribution in [0.1, 0.15) is 11.5 Å². The van der Waals surface area contributed by atoms with E-state index in [-0.39, 0.29) is 17.5 Å². The second-order valence-electron chi connectivity index (χ2n) is 6.38. The molecule has 1 heterocycles. The van der Waals surface area contributed by atoms with Gasteiger partial charge in [0.25, 0.3) is 0 Å². The number of benzene rings is 2. The molecule has 7 nitrogen and oxygen atoms in total. The van der Waals surface area contributed by atoms with Gasteiger partial charge in [-0.2, -0.15) is 0 Å². The van der Waals surface area contributed by atoms with Crippen molar-refractivity contribution in [3.63, 3.8) is 0 Å². The zero-order valence-corrected chi connectivity index (χ0v) is 14.7. The number of hydrogen-bond donors (Lipinski definition) is 1. The first-order valence-electron chi connectivity index (χ1n) is 8.56. The number of rotatable bonds is 7. The Bertz CT molecular complexity index is 754. The number of ether oxygens (including phenoxy) is 2. The van der Waals surface area contributed by atoms with Gasteiger partial charge in [0.15, 0.2) is 5.75 Å². The summed E-state index contributed by atoms with van der Waals surface area (Å²) in [5.74, 6) is 0.977. The van der Waals surface area contributed by atoms with Gasteiger partial charge in [-0.3, -0.25) is 15.0 Å². The lowest BCUT2D eigenvalue weighted by atomic mass is 9.95. The van der Waals surface area contributed by atoms with Crippen LogP contribution in [0, 0.1) is 10.1 Å². The van der Waals surface area contributed by atoms with Gasteiger partial charge in [0.05, 0.1) is 18.1 Å². The summed E-state index contributed by atoms with van der Waals surface area (Å²) in [6.07, 6.45) is 0. The molecule has 1 saturated heterocycles. The predicted octanol–water partition coefficient (Wildman–Crippen LogP) is 2.41. The summed E-state index contributed by atoms with van der Waals surface area (Å²) in [5, 5.41) is 11.2. The number of nitro groups is 1. The number of likely N-dealkylation sites (tertiary alicyclic amines) is 1. The molecule has 2 aromatic rings. The largest absolute Gasteiger partial charge is 0.496 e. The molecule has 1 fully saturated rings. The lowest BCUT2D eigenvalue weighted by Gasteiger charge is -2.16. The Hall–Kier alpha value is -2.64. The maximum Gasteiger partial charge on any atom is 0.314 e. The molecular formula is C19H23N3O4. The van der Waals surface area contributed by atoms with E-state index in [1.54, 1.807) is 12.1 Å². The summed E-state index contributed by atoms with van der Waals surface area (Å²) >= 11 is 0. The van der Waals surface area contributed by atoms with E-state index in [2.05, 4.69) is 17.0 Å². The summed E-state index contributed by atoms with van der Waals surface area (Å²) in [6, 6.07) is 14.9. The van der Waals surface area contributed by atoms with Crippen LogP contribution >= 0.6 is 0 Å². The van der Waals surface area contributed by atoms with Gasteiger partial charge in [0.2, 0.25) is 0 Å². The highest BCUT2D eigenvalue weighted by molar-refractivity contribution is 5.50. The van der Waals surface area contributed by atoms with Crippen LogP contribution in [0.5, 0.6) is 11.5 Å². The van der Waals surface area contributed by atoms with Gasteiger partial charge in [-0.1, -0.05) is 30.3 Å². The van der Waals surface area contributed by atoms with Crippen molar-refractivity contribution in [2.24, 2.45) is 5.73 Å². The van der Waals surface area contributed by atoms with Gasteiger partial charge in [-0.15, -0.1) is 0 Å². The standard InChI is InChI=1S/C19H23N3O4/c1-25-15-7-8-19(18(11-15)22(23)24)26-10-9-21-12-16(17(20)13-21)14-5-3-2-4-6-14/h2-8,11,16-17H,9-10,12-13,20H2,1H3/t16-,17+/m0/s1. The van der Waals surface area contributed by atoms with Crippen molar-refractivity contribution in [1.82, 2.24) is 4.90 Å². The van der Waals surface area contributed by atoms with Gasteiger partial charge in [0.1, 0.15) is 12.4 Å². The van der Waals surface area contributed by atoms with Gasteiger partial charge in [-0.25, -0.2) is 0 Å². The van der Waals surface area contributed by atoms with Crippen LogP contribution in [0.2, 0.25) is 0 Å². The quantitative estimate of drug-likeness (QED) is 0.604. The second-order valence-corrected chi connectivity index (χ2v) is 6.38. The van der Waals surface area contributed by atoms with Gasteiger partial charge in [-0.05, 0) is 17.7 Å². The molecule has 0 spiro atoms. The Kier molecular flexibility index (Phi) is 5.70. The third-order valence-electron chi connectivity index (χ3n) is 4.70. The summed E-state index contributed by atoms with van der Waals surface area (Å²) in [5.41, 5.74) is 7.45. The fourth-order valence-electron chi connectivity index (χ4n) is 3.32. The Morgan fingerprint density at radius 2 is 2.00 bits per heavy atom. The molecule has 26 heavy (non-hydrogen) atoms. The number of nitrogens with two attached hydrogens (primary N) is 1. The van der Waals surface area contributed by atoms with E-state index in [4.69, 9.17) is 15.2 Å². The highest BCUT2D eigenvalue weighted by Crippen LogP contribution is 2.31. The third-order valence-corrected chi connectivity index (χ3v) is 4.70. The highest BCUT2D eigenvalue weighted by atomic mass is 16.6. The van der Waals surface area contributed by atoms with Crippen molar-refractivity contribution in [1.29, 1.82) is 0 Å². The number of methoxy groups -OCH3 is 1. The molecule has 1 aliphatic rings. The molecule has 0 amide bonds. The number of hydrogen-bond acceptors (Lipinski definition) is 6. The van der Waals surface area contributed by atoms with Crippen molar-refractivity contribution in [2.45, 2.75) is 12.0 Å². The number of nitro benzene ring substituents is 1. The molecule has 0 aromatic heterocycles. The van der Waals surface area contributed by atoms with Gasteiger partial charge in [0, 0.05) is 31.6 Å². The Morgan fingerprint density at radius 3 is 2.69 bits per heavy atom. The Labute approximate surface area is 152 Å². The van der Waals surface area contributed by atoms with E-state index in [0.29, 0.717) is 24.8 Å². The molecule has 0 radical (unpaired) electrons. The van der Waals surface area contributed by atoms with Crippen LogP contribution in [0.15, 0.2) is 48.5 Å². The normalized spacial score (nSPS) is 20.1. The molecule has 1 aliphatic heterocycles. The molecule has 0 aliphatic carbocycles. The van der Waals surface area contributed by atoms with Crippen molar-refractivity contribution < 1.29 is 14.4 Å². The molecule has 7 heteroatoms. The first-order valence-corrected chi connectivity index (χ1v) is 8.56. The minimum Gasteiger partial charge on any atom is -0.496 e. The van der Waals surface area contributed by atoms with Crippen molar-refractivity contribution in [3.05, 3.63) is 64.2 Å².